The molecule has 1 unspecified atom stereocenters. The van der Waals surface area contributed by atoms with Crippen LogP contribution in [0, 0.1) is 17.3 Å². The van der Waals surface area contributed by atoms with Gasteiger partial charge in [-0.1, -0.05) is 18.1 Å². The van der Waals surface area contributed by atoms with Gasteiger partial charge >= 0.3 is 0 Å². The van der Waals surface area contributed by atoms with Crippen molar-refractivity contribution in [2.45, 2.75) is 64.6 Å². The Morgan fingerprint density at radius 2 is 1.88 bits per heavy atom. The van der Waals surface area contributed by atoms with Crippen molar-refractivity contribution < 1.29 is 10.2 Å². The van der Waals surface area contributed by atoms with Gasteiger partial charge in [0.2, 0.25) is 0 Å². The third-order valence-electron chi connectivity index (χ3n) is 6.22. The molecule has 0 aliphatic heterocycles. The van der Waals surface area contributed by atoms with E-state index in [0.29, 0.717) is 11.8 Å². The molecule has 3 aliphatic carbocycles. The summed E-state index contributed by atoms with van der Waals surface area (Å²) >= 11 is 0. The molecule has 0 spiro atoms. The highest BCUT2D eigenvalue weighted by Gasteiger charge is 2.72. The molecule has 0 aromatic carbocycles. The maximum atomic E-state index is 11.0. The smallest absolute Gasteiger partial charge is 0.0989 e. The van der Waals surface area contributed by atoms with E-state index in [1.54, 1.807) is 0 Å². The molecular formula is C15H24O2. The van der Waals surface area contributed by atoms with Gasteiger partial charge < -0.3 is 10.2 Å². The minimum absolute atomic E-state index is 0.105. The molecule has 3 fully saturated rings. The first-order valence-electron chi connectivity index (χ1n) is 6.84. The summed E-state index contributed by atoms with van der Waals surface area (Å²) in [4.78, 5) is 0. The maximum absolute atomic E-state index is 11.0. The first-order chi connectivity index (χ1) is 7.73. The quantitative estimate of drug-likeness (QED) is 0.635. The number of hydrogen-bond acceptors (Lipinski definition) is 2. The van der Waals surface area contributed by atoms with Crippen molar-refractivity contribution in [2.24, 2.45) is 17.3 Å². The maximum Gasteiger partial charge on any atom is 0.0989 e. The van der Waals surface area contributed by atoms with E-state index in [9.17, 15) is 10.2 Å². The average Bonchev–Trinajstić information content (AvgIpc) is 2.55. The fourth-order valence-corrected chi connectivity index (χ4v) is 5.26. The van der Waals surface area contributed by atoms with Gasteiger partial charge in [-0.05, 0) is 58.3 Å². The number of hydrogen-bond donors (Lipinski definition) is 2. The number of rotatable bonds is 0. The summed E-state index contributed by atoms with van der Waals surface area (Å²) in [5.74, 6) is 1.08. The van der Waals surface area contributed by atoms with Gasteiger partial charge in [0.05, 0.1) is 11.2 Å². The molecule has 2 nitrogen and oxygen atoms in total. The molecule has 3 rings (SSSR count). The van der Waals surface area contributed by atoms with Crippen LogP contribution in [0.1, 0.15) is 53.4 Å². The highest BCUT2D eigenvalue weighted by Crippen LogP contribution is 2.71. The van der Waals surface area contributed by atoms with Crippen molar-refractivity contribution in [1.82, 2.24) is 0 Å². The highest BCUT2D eigenvalue weighted by molar-refractivity contribution is 5.35. The number of aliphatic hydroxyl groups is 2. The van der Waals surface area contributed by atoms with E-state index < -0.39 is 11.2 Å². The minimum atomic E-state index is -0.920. The molecule has 3 aliphatic rings. The van der Waals surface area contributed by atoms with Crippen molar-refractivity contribution >= 4 is 0 Å². The third-order valence-corrected chi connectivity index (χ3v) is 6.22. The molecule has 0 radical (unpaired) electrons. The van der Waals surface area contributed by atoms with Gasteiger partial charge in [-0.2, -0.15) is 0 Å². The van der Waals surface area contributed by atoms with Crippen LogP contribution in [0.25, 0.3) is 0 Å². The van der Waals surface area contributed by atoms with E-state index >= 15 is 0 Å². The predicted molar refractivity (Wildman–Crippen MR) is 67.5 cm³/mol. The Bertz CT molecular complexity index is 405. The predicted octanol–water partition coefficient (Wildman–Crippen LogP) is 2.64. The number of allylic oxidation sites excluding steroid dienone is 2. The zero-order chi connectivity index (χ0) is 12.6. The van der Waals surface area contributed by atoms with Gasteiger partial charge in [-0.3, -0.25) is 0 Å². The summed E-state index contributed by atoms with van der Waals surface area (Å²) in [7, 11) is 0. The molecule has 2 N–H and O–H groups in total. The van der Waals surface area contributed by atoms with Gasteiger partial charge in [0, 0.05) is 5.41 Å². The molecule has 96 valence electrons. The molecule has 0 aromatic rings. The Labute approximate surface area is 104 Å². The molecular weight excluding hydrogens is 212 g/mol. The van der Waals surface area contributed by atoms with Crippen molar-refractivity contribution in [2.75, 3.05) is 0 Å². The standard InChI is InChI=1S/C15H24O2/c1-9(2)10-7-13(3)12-5-6-15(13,17)14(4,16)8-11(10)12/h11-12,16-17H,5-8H2,1-4H3/t11-,12-,13+,14?,15+/m0/s1. The van der Waals surface area contributed by atoms with Crippen molar-refractivity contribution in [3.05, 3.63) is 11.1 Å². The second-order valence-electron chi connectivity index (χ2n) is 7.21. The molecule has 3 saturated carbocycles. The van der Waals surface area contributed by atoms with Crippen LogP contribution in [0.4, 0.5) is 0 Å². The Morgan fingerprint density at radius 3 is 2.47 bits per heavy atom. The zero-order valence-electron chi connectivity index (χ0n) is 11.4. The Morgan fingerprint density at radius 1 is 1.24 bits per heavy atom. The van der Waals surface area contributed by atoms with Crippen LogP contribution in [0.2, 0.25) is 0 Å². The van der Waals surface area contributed by atoms with Gasteiger partial charge in [0.25, 0.3) is 0 Å². The minimum Gasteiger partial charge on any atom is -0.387 e. The van der Waals surface area contributed by atoms with E-state index in [-0.39, 0.29) is 5.41 Å². The van der Waals surface area contributed by atoms with E-state index in [2.05, 4.69) is 20.8 Å². The van der Waals surface area contributed by atoms with E-state index in [1.165, 1.54) is 11.1 Å². The zero-order valence-corrected chi connectivity index (χ0v) is 11.4. The van der Waals surface area contributed by atoms with E-state index in [1.807, 2.05) is 6.92 Å². The lowest BCUT2D eigenvalue weighted by Crippen LogP contribution is -2.62. The van der Waals surface area contributed by atoms with Gasteiger partial charge in [0.15, 0.2) is 0 Å². The first-order valence-corrected chi connectivity index (χ1v) is 6.84. The van der Waals surface area contributed by atoms with Crippen LogP contribution < -0.4 is 0 Å². The van der Waals surface area contributed by atoms with Crippen LogP contribution >= 0.6 is 0 Å². The van der Waals surface area contributed by atoms with Crippen molar-refractivity contribution in [3.63, 3.8) is 0 Å². The second-order valence-corrected chi connectivity index (χ2v) is 7.21. The van der Waals surface area contributed by atoms with Crippen LogP contribution in [0.5, 0.6) is 0 Å². The van der Waals surface area contributed by atoms with Gasteiger partial charge in [-0.25, -0.2) is 0 Å². The summed E-state index contributed by atoms with van der Waals surface area (Å²) in [5, 5.41) is 21.7. The van der Waals surface area contributed by atoms with Crippen LogP contribution in [-0.4, -0.2) is 21.4 Å². The molecule has 0 saturated heterocycles. The van der Waals surface area contributed by atoms with E-state index in [4.69, 9.17) is 0 Å². The van der Waals surface area contributed by atoms with Crippen LogP contribution in [0.15, 0.2) is 11.1 Å². The second kappa shape index (κ2) is 2.97. The van der Waals surface area contributed by atoms with Gasteiger partial charge in [0.1, 0.15) is 0 Å². The third kappa shape index (κ3) is 1.09. The highest BCUT2D eigenvalue weighted by atomic mass is 16.4. The summed E-state index contributed by atoms with van der Waals surface area (Å²) in [6.07, 6.45) is 3.57. The fourth-order valence-electron chi connectivity index (χ4n) is 5.26. The lowest BCUT2D eigenvalue weighted by molar-refractivity contribution is -0.216. The summed E-state index contributed by atoms with van der Waals surface area (Å²) in [6.45, 7) is 8.38. The van der Waals surface area contributed by atoms with Gasteiger partial charge in [-0.15, -0.1) is 0 Å². The lowest BCUT2D eigenvalue weighted by Gasteiger charge is -2.52. The monoisotopic (exact) mass is 236 g/mol. The van der Waals surface area contributed by atoms with Crippen molar-refractivity contribution in [1.29, 1.82) is 0 Å². The van der Waals surface area contributed by atoms with Crippen LogP contribution in [0.3, 0.4) is 0 Å². The fraction of sp³-hybridized carbons (Fsp3) is 0.867. The molecule has 17 heavy (non-hydrogen) atoms. The Balaban J connectivity index is 2.18. The average molecular weight is 236 g/mol. The van der Waals surface area contributed by atoms with Crippen molar-refractivity contribution in [3.8, 4) is 0 Å². The first kappa shape index (κ1) is 11.7. The Kier molecular flexibility index (Phi) is 2.05. The summed E-state index contributed by atoms with van der Waals surface area (Å²) in [6, 6.07) is 0. The largest absolute Gasteiger partial charge is 0.387 e. The summed E-state index contributed by atoms with van der Waals surface area (Å²) < 4.78 is 0. The molecule has 0 amide bonds. The molecule has 2 heteroatoms. The topological polar surface area (TPSA) is 40.5 Å². The molecule has 0 aromatic heterocycles. The summed E-state index contributed by atoms with van der Waals surface area (Å²) in [5.41, 5.74) is 1.00. The molecule has 5 atom stereocenters. The Hall–Kier alpha value is -0.340. The SMILES string of the molecule is CC(C)=C1C[C@]2(C)[C@H]3CC[C@]2(O)C(C)(O)C[C@@H]13. The molecule has 4 bridgehead atoms. The lowest BCUT2D eigenvalue weighted by atomic mass is 9.58. The van der Waals surface area contributed by atoms with E-state index in [0.717, 1.165) is 25.7 Å². The molecule has 0 heterocycles. The van der Waals surface area contributed by atoms with Crippen LogP contribution in [-0.2, 0) is 0 Å². The normalized spacial score (nSPS) is 56.5.